The van der Waals surface area contributed by atoms with E-state index in [1.54, 1.807) is 0 Å². The van der Waals surface area contributed by atoms with Gasteiger partial charge >= 0.3 is 0 Å². The van der Waals surface area contributed by atoms with Crippen LogP contribution < -0.4 is 10.5 Å². The number of nitrogens with two attached hydrogens (primary N) is 1. The number of hydrogen-bond donors (Lipinski definition) is 2. The molecule has 112 valence electrons. The molecule has 4 nitrogen and oxygen atoms in total. The molecule has 1 aliphatic rings. The van der Waals surface area contributed by atoms with Gasteiger partial charge in [0.2, 0.25) is 10.0 Å². The minimum atomic E-state index is -3.65. The maximum absolute atomic E-state index is 13.5. The van der Waals surface area contributed by atoms with E-state index < -0.39 is 21.7 Å². The number of rotatable bonds is 4. The minimum Gasteiger partial charge on any atom is -0.396 e. The van der Waals surface area contributed by atoms with Crippen molar-refractivity contribution >= 4 is 21.4 Å². The molecule has 0 saturated heterocycles. The van der Waals surface area contributed by atoms with Crippen LogP contribution in [0.15, 0.2) is 12.1 Å². The van der Waals surface area contributed by atoms with Gasteiger partial charge in [0.05, 0.1) is 17.1 Å². The summed E-state index contributed by atoms with van der Waals surface area (Å²) in [5.41, 5.74) is 4.72. The maximum Gasteiger partial charge on any atom is 0.233 e. The van der Waals surface area contributed by atoms with Crippen LogP contribution in [0, 0.1) is 17.6 Å². The Kier molecular flexibility index (Phi) is 4.47. The van der Waals surface area contributed by atoms with Gasteiger partial charge in [0.1, 0.15) is 11.6 Å². The molecule has 3 N–H and O–H groups in total. The number of halogens is 2. The molecular weight excluding hydrogens is 286 g/mol. The average Bonchev–Trinajstić information content (AvgIpc) is 2.36. The smallest absolute Gasteiger partial charge is 0.233 e. The first-order chi connectivity index (χ1) is 9.37. The number of nitrogen functional groups attached to an aromatic ring is 1. The van der Waals surface area contributed by atoms with Crippen LogP contribution in [0.1, 0.15) is 32.1 Å². The molecule has 0 amide bonds. The Balaban J connectivity index is 2.09. The molecule has 0 bridgehead atoms. The molecule has 0 atom stereocenters. The zero-order valence-corrected chi connectivity index (χ0v) is 11.8. The first kappa shape index (κ1) is 15.0. The van der Waals surface area contributed by atoms with Crippen molar-refractivity contribution in [2.45, 2.75) is 32.1 Å². The normalized spacial score (nSPS) is 17.1. The Morgan fingerprint density at radius 2 is 1.80 bits per heavy atom. The summed E-state index contributed by atoms with van der Waals surface area (Å²) in [5.74, 6) is -1.81. The van der Waals surface area contributed by atoms with Crippen molar-refractivity contribution in [3.63, 3.8) is 0 Å². The third-order valence-corrected chi connectivity index (χ3v) is 4.97. The highest BCUT2D eigenvalue weighted by atomic mass is 32.2. The number of anilines is 2. The Bertz CT molecular complexity index is 584. The largest absolute Gasteiger partial charge is 0.396 e. The van der Waals surface area contributed by atoms with Gasteiger partial charge in [-0.1, -0.05) is 19.3 Å². The van der Waals surface area contributed by atoms with Crippen molar-refractivity contribution in [2.75, 3.05) is 16.2 Å². The molecule has 20 heavy (non-hydrogen) atoms. The van der Waals surface area contributed by atoms with E-state index in [0.717, 1.165) is 38.2 Å². The summed E-state index contributed by atoms with van der Waals surface area (Å²) >= 11 is 0. The molecule has 0 spiro atoms. The number of nitrogens with one attached hydrogen (secondary N) is 1. The van der Waals surface area contributed by atoms with Crippen molar-refractivity contribution in [3.05, 3.63) is 23.8 Å². The standard InChI is InChI=1S/C13H18F2N2O2S/c14-10-6-11(15)13(7-12(10)16)17-20(18,19)8-9-4-2-1-3-5-9/h6-7,9,17H,1-5,8,16H2. The molecule has 1 aliphatic carbocycles. The van der Waals surface area contributed by atoms with Crippen LogP contribution in [-0.4, -0.2) is 14.2 Å². The Morgan fingerprint density at radius 3 is 2.45 bits per heavy atom. The molecule has 0 aromatic heterocycles. The average molecular weight is 304 g/mol. The third kappa shape index (κ3) is 3.82. The lowest BCUT2D eigenvalue weighted by Gasteiger charge is -2.21. The molecule has 1 aromatic carbocycles. The van der Waals surface area contributed by atoms with E-state index in [9.17, 15) is 17.2 Å². The van der Waals surface area contributed by atoms with Crippen LogP contribution in [-0.2, 0) is 10.0 Å². The van der Waals surface area contributed by atoms with Crippen LogP contribution in [0.4, 0.5) is 20.2 Å². The van der Waals surface area contributed by atoms with Crippen LogP contribution in [0.3, 0.4) is 0 Å². The highest BCUT2D eigenvalue weighted by molar-refractivity contribution is 7.92. The zero-order valence-electron chi connectivity index (χ0n) is 11.0. The van der Waals surface area contributed by atoms with Gasteiger partial charge in [-0.2, -0.15) is 0 Å². The second-order valence-corrected chi connectivity index (χ2v) is 7.01. The van der Waals surface area contributed by atoms with Crippen molar-refractivity contribution in [3.8, 4) is 0 Å². The van der Waals surface area contributed by atoms with Crippen molar-refractivity contribution < 1.29 is 17.2 Å². The molecular formula is C13H18F2N2O2S. The van der Waals surface area contributed by atoms with Crippen LogP contribution in [0.2, 0.25) is 0 Å². The van der Waals surface area contributed by atoms with E-state index in [-0.39, 0.29) is 23.0 Å². The monoisotopic (exact) mass is 304 g/mol. The van der Waals surface area contributed by atoms with Gasteiger partial charge < -0.3 is 5.73 Å². The lowest BCUT2D eigenvalue weighted by molar-refractivity contribution is 0.385. The van der Waals surface area contributed by atoms with Crippen LogP contribution >= 0.6 is 0 Å². The van der Waals surface area contributed by atoms with Gasteiger partial charge in [0.15, 0.2) is 0 Å². The zero-order chi connectivity index (χ0) is 14.8. The molecule has 2 rings (SSSR count). The minimum absolute atomic E-state index is 0.0380. The SMILES string of the molecule is Nc1cc(NS(=O)(=O)CC2CCCCC2)c(F)cc1F. The van der Waals surface area contributed by atoms with Gasteiger partial charge in [-0.25, -0.2) is 17.2 Å². The maximum atomic E-state index is 13.5. The third-order valence-electron chi connectivity index (χ3n) is 3.53. The van der Waals surface area contributed by atoms with Gasteiger partial charge in [-0.05, 0) is 24.8 Å². The fourth-order valence-electron chi connectivity index (χ4n) is 2.52. The van der Waals surface area contributed by atoms with Crippen molar-refractivity contribution in [1.82, 2.24) is 0 Å². The van der Waals surface area contributed by atoms with Gasteiger partial charge in [-0.15, -0.1) is 0 Å². The highest BCUT2D eigenvalue weighted by Crippen LogP contribution is 2.27. The highest BCUT2D eigenvalue weighted by Gasteiger charge is 2.22. The molecule has 1 saturated carbocycles. The van der Waals surface area contributed by atoms with Crippen molar-refractivity contribution in [2.24, 2.45) is 5.92 Å². The van der Waals surface area contributed by atoms with Gasteiger partial charge in [0.25, 0.3) is 0 Å². The molecule has 0 aliphatic heterocycles. The summed E-state index contributed by atoms with van der Waals surface area (Å²) in [5, 5.41) is 0. The van der Waals surface area contributed by atoms with E-state index in [1.165, 1.54) is 0 Å². The summed E-state index contributed by atoms with van der Waals surface area (Å²) in [6, 6.07) is 1.54. The Morgan fingerprint density at radius 1 is 1.15 bits per heavy atom. The summed E-state index contributed by atoms with van der Waals surface area (Å²) in [6.45, 7) is 0. The lowest BCUT2D eigenvalue weighted by atomic mass is 9.91. The second kappa shape index (κ2) is 5.95. The summed E-state index contributed by atoms with van der Waals surface area (Å²) < 4.78 is 52.7. The first-order valence-electron chi connectivity index (χ1n) is 6.62. The summed E-state index contributed by atoms with van der Waals surface area (Å²) in [4.78, 5) is 0. The summed E-state index contributed by atoms with van der Waals surface area (Å²) in [7, 11) is -3.65. The van der Waals surface area contributed by atoms with Crippen LogP contribution in [0.5, 0.6) is 0 Å². The lowest BCUT2D eigenvalue weighted by Crippen LogP contribution is -2.24. The number of sulfonamides is 1. The predicted octanol–water partition coefficient (Wildman–Crippen LogP) is 2.87. The van der Waals surface area contributed by atoms with E-state index in [4.69, 9.17) is 5.73 Å². The Labute approximate surface area is 117 Å². The van der Waals surface area contributed by atoms with E-state index in [0.29, 0.717) is 6.07 Å². The number of hydrogen-bond acceptors (Lipinski definition) is 3. The quantitative estimate of drug-likeness (QED) is 0.840. The van der Waals surface area contributed by atoms with E-state index >= 15 is 0 Å². The van der Waals surface area contributed by atoms with Crippen molar-refractivity contribution in [1.29, 1.82) is 0 Å². The van der Waals surface area contributed by atoms with E-state index in [2.05, 4.69) is 4.72 Å². The second-order valence-electron chi connectivity index (χ2n) is 5.24. The van der Waals surface area contributed by atoms with E-state index in [1.807, 2.05) is 0 Å². The Hall–Kier alpha value is -1.37. The topological polar surface area (TPSA) is 72.2 Å². The fourth-order valence-corrected chi connectivity index (χ4v) is 4.05. The molecule has 0 unspecified atom stereocenters. The van der Waals surface area contributed by atoms with Crippen LogP contribution in [0.25, 0.3) is 0 Å². The predicted molar refractivity (Wildman–Crippen MR) is 74.8 cm³/mol. The molecule has 0 radical (unpaired) electrons. The molecule has 0 heterocycles. The van der Waals surface area contributed by atoms with Gasteiger partial charge in [0, 0.05) is 6.07 Å². The first-order valence-corrected chi connectivity index (χ1v) is 8.27. The summed E-state index contributed by atoms with van der Waals surface area (Å²) in [6.07, 6.45) is 4.92. The molecule has 1 fully saturated rings. The molecule has 7 heteroatoms. The fraction of sp³-hybridized carbons (Fsp3) is 0.538. The molecule has 1 aromatic rings. The number of benzene rings is 1. The van der Waals surface area contributed by atoms with Gasteiger partial charge in [-0.3, -0.25) is 4.72 Å².